The van der Waals surface area contributed by atoms with Crippen LogP contribution in [-0.2, 0) is 11.2 Å². The molecule has 1 saturated heterocycles. The number of likely N-dealkylation sites (tertiary alicyclic amines) is 1. The molecule has 1 aromatic rings. The largest absolute Gasteiger partial charge is 0.475 e. The van der Waals surface area contributed by atoms with Crippen LogP contribution in [0.5, 0.6) is 0 Å². The molecule has 0 radical (unpaired) electrons. The van der Waals surface area contributed by atoms with Gasteiger partial charge in [0.2, 0.25) is 5.91 Å². The Morgan fingerprint density at radius 3 is 2.60 bits per heavy atom. The fraction of sp³-hybridized carbons (Fsp3) is 0.500. The monoisotopic (exact) mass is 276 g/mol. The van der Waals surface area contributed by atoms with Crippen molar-refractivity contribution in [3.8, 4) is 0 Å². The van der Waals surface area contributed by atoms with Gasteiger partial charge in [-0.3, -0.25) is 4.79 Å². The number of amides is 1. The summed E-state index contributed by atoms with van der Waals surface area (Å²) in [5, 5.41) is 21.7. The third-order valence-electron chi connectivity index (χ3n) is 4.20. The molecule has 3 N–H and O–H groups in total. The van der Waals surface area contributed by atoms with Gasteiger partial charge in [-0.05, 0) is 32.4 Å². The molecule has 108 valence electrons. The molecule has 0 aliphatic carbocycles. The fourth-order valence-corrected chi connectivity index (χ4v) is 2.77. The maximum Gasteiger partial charge on any atom is 0.475 e. The molecular weight excluding hydrogens is 255 g/mol. The van der Waals surface area contributed by atoms with E-state index in [4.69, 9.17) is 0 Å². The van der Waals surface area contributed by atoms with Gasteiger partial charge in [-0.1, -0.05) is 30.3 Å². The summed E-state index contributed by atoms with van der Waals surface area (Å²) in [6.45, 7) is 2.18. The average molecular weight is 276 g/mol. The highest BCUT2D eigenvalue weighted by molar-refractivity contribution is 6.43. The number of carbonyl (C=O) groups is 1. The summed E-state index contributed by atoms with van der Waals surface area (Å²) in [6, 6.07) is 9.85. The number of nitrogens with one attached hydrogen (secondary N) is 1. The Labute approximate surface area is 119 Å². The minimum absolute atomic E-state index is 0.0653. The van der Waals surface area contributed by atoms with Crippen molar-refractivity contribution in [1.82, 2.24) is 10.2 Å². The van der Waals surface area contributed by atoms with Crippen LogP contribution in [0, 0.1) is 0 Å². The predicted molar refractivity (Wildman–Crippen MR) is 77.9 cm³/mol. The molecule has 1 amide bonds. The summed E-state index contributed by atoms with van der Waals surface area (Å²) in [5.41, 5.74) is 0.444. The molecule has 0 bridgehead atoms. The van der Waals surface area contributed by atoms with E-state index in [1.54, 1.807) is 18.9 Å². The third-order valence-corrected chi connectivity index (χ3v) is 4.20. The topological polar surface area (TPSA) is 72.8 Å². The summed E-state index contributed by atoms with van der Waals surface area (Å²) in [4.78, 5) is 14.2. The molecule has 2 rings (SSSR count). The van der Waals surface area contributed by atoms with E-state index in [2.05, 4.69) is 5.32 Å². The van der Waals surface area contributed by atoms with Crippen LogP contribution in [0.1, 0.15) is 18.9 Å². The van der Waals surface area contributed by atoms with Gasteiger partial charge in [0.1, 0.15) is 5.54 Å². The highest BCUT2D eigenvalue weighted by atomic mass is 16.4. The summed E-state index contributed by atoms with van der Waals surface area (Å²) in [5.74, 6) is -0.655. The minimum Gasteiger partial charge on any atom is -0.426 e. The van der Waals surface area contributed by atoms with Gasteiger partial charge >= 0.3 is 7.12 Å². The lowest BCUT2D eigenvalue weighted by molar-refractivity contribution is -0.134. The first-order valence-electron chi connectivity index (χ1n) is 6.90. The lowest BCUT2D eigenvalue weighted by atomic mass is 9.79. The maximum absolute atomic E-state index is 12.6. The molecular formula is C14H21BN2O3. The molecule has 0 spiro atoms. The molecule has 1 aliphatic heterocycles. The number of hydrogen-bond donors (Lipinski definition) is 3. The number of nitrogens with zero attached hydrogens (tertiary/aromatic N) is 1. The second-order valence-electron chi connectivity index (χ2n) is 5.40. The lowest BCUT2D eigenvalue weighted by Crippen LogP contribution is -2.55. The molecule has 2 atom stereocenters. The average Bonchev–Trinajstić information content (AvgIpc) is 2.77. The van der Waals surface area contributed by atoms with Crippen molar-refractivity contribution < 1.29 is 14.8 Å². The van der Waals surface area contributed by atoms with Gasteiger partial charge in [0.05, 0.1) is 5.94 Å². The van der Waals surface area contributed by atoms with Crippen LogP contribution in [0.15, 0.2) is 30.3 Å². The van der Waals surface area contributed by atoms with Crippen molar-refractivity contribution in [2.45, 2.75) is 31.2 Å². The zero-order valence-corrected chi connectivity index (χ0v) is 11.9. The number of hydrogen-bond acceptors (Lipinski definition) is 4. The molecule has 0 aromatic heterocycles. The molecule has 1 fully saturated rings. The number of carbonyl (C=O) groups excluding carboxylic acids is 1. The van der Waals surface area contributed by atoms with Gasteiger partial charge in [0.25, 0.3) is 0 Å². The van der Waals surface area contributed by atoms with E-state index in [1.165, 1.54) is 0 Å². The Morgan fingerprint density at radius 2 is 2.05 bits per heavy atom. The SMILES string of the molecule is CN[C@]1(Cc2ccccc2)CCN([C@@H](C)B(O)O)C1=O. The van der Waals surface area contributed by atoms with Crippen LogP contribution in [0.25, 0.3) is 0 Å². The maximum atomic E-state index is 12.6. The summed E-state index contributed by atoms with van der Waals surface area (Å²) in [7, 11) is 0.271. The predicted octanol–water partition coefficient (Wildman–Crippen LogP) is -0.180. The van der Waals surface area contributed by atoms with E-state index < -0.39 is 18.6 Å². The van der Waals surface area contributed by atoms with E-state index >= 15 is 0 Å². The molecule has 20 heavy (non-hydrogen) atoms. The second kappa shape index (κ2) is 5.95. The Balaban J connectivity index is 2.18. The van der Waals surface area contributed by atoms with Crippen molar-refractivity contribution in [2.75, 3.05) is 13.6 Å². The Bertz CT molecular complexity index is 469. The quantitative estimate of drug-likeness (QED) is 0.652. The van der Waals surface area contributed by atoms with Crippen LogP contribution in [0.3, 0.4) is 0 Å². The highest BCUT2D eigenvalue weighted by Crippen LogP contribution is 2.28. The Hall–Kier alpha value is -1.37. The van der Waals surface area contributed by atoms with Crippen LogP contribution in [0.4, 0.5) is 0 Å². The van der Waals surface area contributed by atoms with Crippen LogP contribution in [0.2, 0.25) is 0 Å². The smallest absolute Gasteiger partial charge is 0.426 e. The van der Waals surface area contributed by atoms with Crippen LogP contribution >= 0.6 is 0 Å². The van der Waals surface area contributed by atoms with Crippen molar-refractivity contribution in [3.05, 3.63) is 35.9 Å². The Kier molecular flexibility index (Phi) is 4.47. The first-order valence-corrected chi connectivity index (χ1v) is 6.90. The molecule has 0 unspecified atom stereocenters. The van der Waals surface area contributed by atoms with Gasteiger partial charge < -0.3 is 20.3 Å². The van der Waals surface area contributed by atoms with Crippen LogP contribution in [-0.4, -0.2) is 53.0 Å². The van der Waals surface area contributed by atoms with E-state index in [-0.39, 0.29) is 5.91 Å². The summed E-state index contributed by atoms with van der Waals surface area (Å²) < 4.78 is 0. The van der Waals surface area contributed by atoms with Crippen molar-refractivity contribution >= 4 is 13.0 Å². The molecule has 1 heterocycles. The van der Waals surface area contributed by atoms with E-state index in [1.807, 2.05) is 30.3 Å². The van der Waals surface area contributed by atoms with Gasteiger partial charge in [0.15, 0.2) is 0 Å². The minimum atomic E-state index is -1.51. The van der Waals surface area contributed by atoms with Crippen molar-refractivity contribution in [3.63, 3.8) is 0 Å². The Morgan fingerprint density at radius 1 is 1.40 bits per heavy atom. The standard InChI is InChI=1S/C14H21BN2O3/c1-11(15(19)20)17-9-8-14(16-2,13(17)18)10-12-6-4-3-5-7-12/h3-7,11,16,19-20H,8-10H2,1-2H3/t11-,14-/m0/s1. The highest BCUT2D eigenvalue weighted by Gasteiger charge is 2.48. The van der Waals surface area contributed by atoms with E-state index in [0.29, 0.717) is 19.4 Å². The van der Waals surface area contributed by atoms with E-state index in [9.17, 15) is 14.8 Å². The third kappa shape index (κ3) is 2.72. The molecule has 1 aromatic carbocycles. The number of likely N-dealkylation sites (N-methyl/N-ethyl adjacent to an activating group) is 1. The molecule has 5 nitrogen and oxygen atoms in total. The van der Waals surface area contributed by atoms with Crippen LogP contribution < -0.4 is 5.32 Å². The lowest BCUT2D eigenvalue weighted by Gasteiger charge is -2.30. The molecule has 6 heteroatoms. The zero-order valence-electron chi connectivity index (χ0n) is 11.9. The fourth-order valence-electron chi connectivity index (χ4n) is 2.77. The molecule has 0 saturated carbocycles. The number of rotatable bonds is 5. The van der Waals surface area contributed by atoms with E-state index in [0.717, 1.165) is 5.56 Å². The van der Waals surface area contributed by atoms with Crippen molar-refractivity contribution in [2.24, 2.45) is 0 Å². The zero-order chi connectivity index (χ0) is 14.8. The normalized spacial score (nSPS) is 24.0. The van der Waals surface area contributed by atoms with Crippen molar-refractivity contribution in [1.29, 1.82) is 0 Å². The van der Waals surface area contributed by atoms with Gasteiger partial charge in [-0.2, -0.15) is 0 Å². The molecule has 1 aliphatic rings. The van der Waals surface area contributed by atoms with Gasteiger partial charge in [0, 0.05) is 6.54 Å². The number of benzene rings is 1. The van der Waals surface area contributed by atoms with Gasteiger partial charge in [-0.15, -0.1) is 0 Å². The first-order chi connectivity index (χ1) is 9.50. The summed E-state index contributed by atoms with van der Waals surface area (Å²) >= 11 is 0. The first kappa shape index (κ1) is 15.0. The van der Waals surface area contributed by atoms with Gasteiger partial charge in [-0.25, -0.2) is 0 Å². The summed E-state index contributed by atoms with van der Waals surface area (Å²) in [6.07, 6.45) is 1.27. The second-order valence-corrected chi connectivity index (χ2v) is 5.40.